The lowest BCUT2D eigenvalue weighted by atomic mass is 10.1. The van der Waals surface area contributed by atoms with Crippen molar-refractivity contribution >= 4 is 11.8 Å². The van der Waals surface area contributed by atoms with E-state index in [4.69, 9.17) is 0 Å². The van der Waals surface area contributed by atoms with E-state index in [1.54, 1.807) is 13.0 Å². The molecule has 3 heteroatoms. The molecule has 0 aliphatic carbocycles. The molecule has 1 atom stereocenters. The van der Waals surface area contributed by atoms with Gasteiger partial charge in [0, 0.05) is 15.4 Å². The first-order chi connectivity index (χ1) is 8.99. The Bertz CT molecular complexity index is 593. The van der Waals surface area contributed by atoms with Crippen molar-refractivity contribution in [2.75, 3.05) is 0 Å². The second-order valence-corrected chi connectivity index (χ2v) is 5.78. The van der Waals surface area contributed by atoms with Crippen molar-refractivity contribution in [2.24, 2.45) is 0 Å². The van der Waals surface area contributed by atoms with Gasteiger partial charge in [0.2, 0.25) is 0 Å². The predicted molar refractivity (Wildman–Crippen MR) is 77.1 cm³/mol. The Kier molecular flexibility index (Phi) is 4.27. The molecule has 0 radical (unpaired) electrons. The monoisotopic (exact) mass is 276 g/mol. The Hall–Kier alpha value is -1.32. The van der Waals surface area contributed by atoms with Gasteiger partial charge < -0.3 is 5.11 Å². The van der Waals surface area contributed by atoms with Crippen molar-refractivity contribution in [1.82, 2.24) is 0 Å². The van der Waals surface area contributed by atoms with Gasteiger partial charge >= 0.3 is 0 Å². The zero-order chi connectivity index (χ0) is 14.0. The number of hydrogen-bond donors (Lipinski definition) is 1. The normalized spacial score (nSPS) is 12.5. The van der Waals surface area contributed by atoms with Crippen molar-refractivity contribution in [2.45, 2.75) is 36.7 Å². The topological polar surface area (TPSA) is 20.2 Å². The molecule has 0 bridgehead atoms. The highest BCUT2D eigenvalue weighted by Gasteiger charge is 2.14. The van der Waals surface area contributed by atoms with Crippen LogP contribution in [0.15, 0.2) is 46.2 Å². The number of aliphatic hydroxyl groups excluding tert-OH is 1. The largest absolute Gasteiger partial charge is 0.389 e. The first-order valence-corrected chi connectivity index (χ1v) is 7.02. The van der Waals surface area contributed by atoms with Gasteiger partial charge in [-0.15, -0.1) is 0 Å². The minimum absolute atomic E-state index is 0.357. The third kappa shape index (κ3) is 3.17. The summed E-state index contributed by atoms with van der Waals surface area (Å²) in [4.78, 5) is 1.85. The van der Waals surface area contributed by atoms with E-state index in [2.05, 4.69) is 6.07 Å². The lowest BCUT2D eigenvalue weighted by molar-refractivity contribution is 0.191. The summed E-state index contributed by atoms with van der Waals surface area (Å²) in [5.74, 6) is -0.357. The average Bonchev–Trinajstić information content (AvgIpc) is 2.32. The van der Waals surface area contributed by atoms with Crippen molar-refractivity contribution in [3.05, 3.63) is 58.9 Å². The van der Waals surface area contributed by atoms with Crippen molar-refractivity contribution in [1.29, 1.82) is 0 Å². The summed E-state index contributed by atoms with van der Waals surface area (Å²) in [6, 6.07) is 11.1. The van der Waals surface area contributed by atoms with Crippen LogP contribution in [0.25, 0.3) is 0 Å². The maximum Gasteiger partial charge on any atom is 0.130 e. The zero-order valence-corrected chi connectivity index (χ0v) is 12.1. The van der Waals surface area contributed by atoms with Crippen LogP contribution in [-0.4, -0.2) is 5.11 Å². The fraction of sp³-hybridized carbons (Fsp3) is 0.250. The Labute approximate surface area is 117 Å². The van der Waals surface area contributed by atoms with E-state index < -0.39 is 6.10 Å². The zero-order valence-electron chi connectivity index (χ0n) is 11.3. The molecule has 0 unspecified atom stereocenters. The number of hydrogen-bond acceptors (Lipinski definition) is 2. The number of rotatable bonds is 3. The lowest BCUT2D eigenvalue weighted by Gasteiger charge is -2.14. The third-order valence-corrected chi connectivity index (χ3v) is 4.23. The number of halogens is 1. The molecule has 2 rings (SSSR count). The summed E-state index contributed by atoms with van der Waals surface area (Å²) < 4.78 is 13.8. The highest BCUT2D eigenvalue weighted by atomic mass is 32.2. The smallest absolute Gasteiger partial charge is 0.130 e. The molecule has 0 spiro atoms. The van der Waals surface area contributed by atoms with Crippen LogP contribution in [0.4, 0.5) is 4.39 Å². The molecule has 0 saturated carbocycles. The molecule has 0 aromatic heterocycles. The number of aliphatic hydroxyl groups is 1. The Morgan fingerprint density at radius 3 is 2.47 bits per heavy atom. The average molecular weight is 276 g/mol. The summed E-state index contributed by atoms with van der Waals surface area (Å²) >= 11 is 1.49. The van der Waals surface area contributed by atoms with Crippen molar-refractivity contribution in [3.8, 4) is 0 Å². The van der Waals surface area contributed by atoms with E-state index >= 15 is 0 Å². The number of aryl methyl sites for hydroxylation is 2. The standard InChI is InChI=1S/C16H17FOS/c1-10-7-8-14(11(2)9-10)19-15-6-4-5-13(17)16(15)12(3)18/h4-9,12,18H,1-3H3/t12-/m1/s1. The van der Waals surface area contributed by atoms with Gasteiger partial charge in [-0.25, -0.2) is 4.39 Å². The number of benzene rings is 2. The van der Waals surface area contributed by atoms with Crippen LogP contribution in [-0.2, 0) is 0 Å². The van der Waals surface area contributed by atoms with Crippen LogP contribution in [0.5, 0.6) is 0 Å². The Morgan fingerprint density at radius 2 is 1.84 bits per heavy atom. The fourth-order valence-electron chi connectivity index (χ4n) is 2.04. The molecule has 100 valence electrons. The van der Waals surface area contributed by atoms with Crippen LogP contribution >= 0.6 is 11.8 Å². The molecule has 0 fully saturated rings. The van der Waals surface area contributed by atoms with Crippen molar-refractivity contribution in [3.63, 3.8) is 0 Å². The van der Waals surface area contributed by atoms with Gasteiger partial charge in [-0.3, -0.25) is 0 Å². The minimum Gasteiger partial charge on any atom is -0.389 e. The van der Waals surface area contributed by atoms with Gasteiger partial charge in [0.25, 0.3) is 0 Å². The van der Waals surface area contributed by atoms with Gasteiger partial charge in [-0.2, -0.15) is 0 Å². The van der Waals surface area contributed by atoms with Crippen molar-refractivity contribution < 1.29 is 9.50 Å². The summed E-state index contributed by atoms with van der Waals surface area (Å²) in [6.07, 6.45) is -0.811. The van der Waals surface area contributed by atoms with Crippen LogP contribution in [0.2, 0.25) is 0 Å². The fourth-order valence-corrected chi connectivity index (χ4v) is 3.16. The molecular weight excluding hydrogens is 259 g/mol. The molecule has 0 aliphatic rings. The quantitative estimate of drug-likeness (QED) is 0.880. The Morgan fingerprint density at radius 1 is 1.11 bits per heavy atom. The van der Waals surface area contributed by atoms with Crippen LogP contribution in [0.3, 0.4) is 0 Å². The molecule has 2 aromatic rings. The second-order valence-electron chi connectivity index (χ2n) is 4.70. The molecule has 0 aliphatic heterocycles. The van der Waals surface area contributed by atoms with E-state index in [1.165, 1.54) is 23.4 Å². The first-order valence-electron chi connectivity index (χ1n) is 6.20. The lowest BCUT2D eigenvalue weighted by Crippen LogP contribution is -1.98. The maximum absolute atomic E-state index is 13.8. The molecule has 2 aromatic carbocycles. The molecule has 0 amide bonds. The van der Waals surface area contributed by atoms with Crippen LogP contribution in [0.1, 0.15) is 29.7 Å². The van der Waals surface area contributed by atoms with Gasteiger partial charge in [-0.1, -0.05) is 35.5 Å². The molecule has 0 saturated heterocycles. The molecule has 19 heavy (non-hydrogen) atoms. The van der Waals surface area contributed by atoms with Gasteiger partial charge in [0.1, 0.15) is 5.82 Å². The van der Waals surface area contributed by atoms with Crippen LogP contribution < -0.4 is 0 Å². The molecular formula is C16H17FOS. The SMILES string of the molecule is Cc1ccc(Sc2cccc(F)c2[C@@H](C)O)c(C)c1. The summed E-state index contributed by atoms with van der Waals surface area (Å²) in [7, 11) is 0. The second kappa shape index (κ2) is 5.76. The highest BCUT2D eigenvalue weighted by molar-refractivity contribution is 7.99. The van der Waals surface area contributed by atoms with Gasteiger partial charge in [0.15, 0.2) is 0 Å². The van der Waals surface area contributed by atoms with Gasteiger partial charge in [-0.05, 0) is 44.5 Å². The maximum atomic E-state index is 13.8. The van der Waals surface area contributed by atoms with E-state index in [1.807, 2.05) is 32.0 Å². The first kappa shape index (κ1) is 14.1. The summed E-state index contributed by atoms with van der Waals surface area (Å²) in [5.41, 5.74) is 2.73. The van der Waals surface area contributed by atoms with E-state index in [9.17, 15) is 9.50 Å². The van der Waals surface area contributed by atoms with Crippen LogP contribution in [0, 0.1) is 19.7 Å². The molecule has 1 nitrogen and oxygen atoms in total. The summed E-state index contributed by atoms with van der Waals surface area (Å²) in [5, 5.41) is 9.72. The van der Waals surface area contributed by atoms with E-state index in [-0.39, 0.29) is 5.82 Å². The molecule has 1 N–H and O–H groups in total. The molecule has 0 heterocycles. The minimum atomic E-state index is -0.811. The predicted octanol–water partition coefficient (Wildman–Crippen LogP) is 4.65. The Balaban J connectivity index is 2.41. The van der Waals surface area contributed by atoms with E-state index in [0.29, 0.717) is 5.56 Å². The van der Waals surface area contributed by atoms with E-state index in [0.717, 1.165) is 15.4 Å². The third-order valence-electron chi connectivity index (χ3n) is 2.98. The van der Waals surface area contributed by atoms with Gasteiger partial charge in [0.05, 0.1) is 6.10 Å². The summed E-state index contributed by atoms with van der Waals surface area (Å²) in [6.45, 7) is 5.67. The highest BCUT2D eigenvalue weighted by Crippen LogP contribution is 2.36.